The van der Waals surface area contributed by atoms with Crippen molar-refractivity contribution in [2.24, 2.45) is 0 Å². The first-order valence-corrected chi connectivity index (χ1v) is 5.10. The van der Waals surface area contributed by atoms with Crippen LogP contribution in [0.4, 0.5) is 22.0 Å². The van der Waals surface area contributed by atoms with E-state index in [1.165, 1.54) is 5.51 Å². The lowest BCUT2D eigenvalue weighted by molar-refractivity contribution is 0.381. The summed E-state index contributed by atoms with van der Waals surface area (Å²) < 4.78 is 65.3. The van der Waals surface area contributed by atoms with Gasteiger partial charge in [0.05, 0.1) is 16.8 Å². The van der Waals surface area contributed by atoms with Gasteiger partial charge in [-0.1, -0.05) is 0 Å². The monoisotopic (exact) mass is 264 g/mol. The molecule has 0 aliphatic heterocycles. The molecule has 1 aromatic carbocycles. The van der Waals surface area contributed by atoms with E-state index in [2.05, 4.69) is 11.9 Å². The van der Waals surface area contributed by atoms with Crippen molar-refractivity contribution in [3.05, 3.63) is 46.4 Å². The van der Waals surface area contributed by atoms with Gasteiger partial charge in [-0.2, -0.15) is 0 Å². The lowest BCUT2D eigenvalue weighted by atomic mass is 10.1. The fourth-order valence-electron chi connectivity index (χ4n) is 1.29. The van der Waals surface area contributed by atoms with E-state index in [1.54, 1.807) is 0 Å². The van der Waals surface area contributed by atoms with Gasteiger partial charge in [0.25, 0.3) is 0 Å². The largest absolute Gasteiger partial charge is 0.244 e. The summed E-state index contributed by atoms with van der Waals surface area (Å²) in [4.78, 5) is 3.66. The first-order chi connectivity index (χ1) is 7.95. The maximum Gasteiger partial charge on any atom is 0.200 e. The van der Waals surface area contributed by atoms with Gasteiger partial charge in [0.2, 0.25) is 5.82 Å². The molecule has 0 atom stereocenters. The summed E-state index contributed by atoms with van der Waals surface area (Å²) in [6.45, 7) is 3.40. The lowest BCUT2D eigenvalue weighted by Crippen LogP contribution is -2.04. The molecule has 1 aromatic heterocycles. The number of hydrogen-bond acceptors (Lipinski definition) is 2. The predicted octanol–water partition coefficient (Wildman–Crippen LogP) is 3.69. The number of benzene rings is 1. The molecule has 0 unspecified atom stereocenters. The molecule has 0 saturated carbocycles. The zero-order valence-electron chi connectivity index (χ0n) is 8.03. The predicted molar refractivity (Wildman–Crippen MR) is 51.8 cm³/mol. The van der Waals surface area contributed by atoms with Crippen LogP contribution in [0.15, 0.2) is 5.51 Å². The normalized spacial score (nSPS) is 10.9. The van der Waals surface area contributed by atoms with Crippen LogP contribution in [0.2, 0.25) is 0 Å². The van der Waals surface area contributed by atoms with Crippen molar-refractivity contribution < 1.29 is 22.0 Å². The lowest BCUT2D eigenvalue weighted by Gasteiger charge is -2.06. The Labute approximate surface area is 96.5 Å². The topological polar surface area (TPSA) is 12.9 Å². The summed E-state index contributed by atoms with van der Waals surface area (Å²) in [6.07, 6.45) is 0. The number of halogens is 5. The zero-order valence-corrected chi connectivity index (χ0v) is 8.85. The van der Waals surface area contributed by atoms with Crippen LogP contribution >= 0.6 is 11.3 Å². The number of rotatable bonds is 1. The minimum absolute atomic E-state index is 0.119. The average Bonchev–Trinajstić information content (AvgIpc) is 2.71. The van der Waals surface area contributed by atoms with Crippen LogP contribution in [0.3, 0.4) is 0 Å². The second kappa shape index (κ2) is 4.06. The Morgan fingerprint density at radius 2 is 1.35 bits per heavy atom. The van der Waals surface area contributed by atoms with Crippen molar-refractivity contribution in [2.45, 2.75) is 0 Å². The summed E-state index contributed by atoms with van der Waals surface area (Å²) in [5.74, 6) is -9.99. The van der Waals surface area contributed by atoms with Crippen molar-refractivity contribution in [3.8, 4) is 11.3 Å². The van der Waals surface area contributed by atoms with Gasteiger partial charge in [-0.3, -0.25) is 0 Å². The first-order valence-electron chi connectivity index (χ1n) is 4.22. The highest BCUT2D eigenvalue weighted by atomic mass is 32.1. The van der Waals surface area contributed by atoms with Crippen LogP contribution in [0.1, 0.15) is 4.88 Å². The zero-order chi connectivity index (χ0) is 12.7. The molecule has 1 heterocycles. The minimum Gasteiger partial charge on any atom is -0.244 e. The molecule has 0 amide bonds. The Kier molecular flexibility index (Phi) is 2.86. The molecule has 2 aromatic rings. The number of thiazole rings is 1. The molecular formula is C10H3F5NS. The van der Waals surface area contributed by atoms with E-state index >= 15 is 0 Å². The van der Waals surface area contributed by atoms with Crippen molar-refractivity contribution in [3.63, 3.8) is 0 Å². The molecule has 0 bridgehead atoms. The molecule has 7 heteroatoms. The Morgan fingerprint density at radius 1 is 0.882 bits per heavy atom. The van der Waals surface area contributed by atoms with E-state index in [0.29, 0.717) is 0 Å². The SMILES string of the molecule is [CH2]c1scnc1-c1c(F)c(F)c(F)c(F)c1F. The molecule has 0 fully saturated rings. The van der Waals surface area contributed by atoms with Crippen LogP contribution in [0, 0.1) is 36.0 Å². The van der Waals surface area contributed by atoms with Crippen molar-refractivity contribution in [2.75, 3.05) is 0 Å². The van der Waals surface area contributed by atoms with Gasteiger partial charge in [-0.15, -0.1) is 11.3 Å². The molecule has 1 radical (unpaired) electrons. The molecule has 0 saturated heterocycles. The fraction of sp³-hybridized carbons (Fsp3) is 0. The fourth-order valence-corrected chi connectivity index (χ4v) is 1.84. The molecule has 1 nitrogen and oxygen atoms in total. The molecule has 2 rings (SSSR count). The summed E-state index contributed by atoms with van der Waals surface area (Å²) >= 11 is 0.938. The van der Waals surface area contributed by atoms with E-state index in [0.717, 1.165) is 11.3 Å². The van der Waals surface area contributed by atoms with Gasteiger partial charge in [-0.25, -0.2) is 26.9 Å². The van der Waals surface area contributed by atoms with Crippen LogP contribution < -0.4 is 0 Å². The van der Waals surface area contributed by atoms with E-state index in [4.69, 9.17) is 0 Å². The first kappa shape index (κ1) is 12.0. The highest BCUT2D eigenvalue weighted by Crippen LogP contribution is 2.33. The van der Waals surface area contributed by atoms with E-state index in [1.807, 2.05) is 0 Å². The molecule has 0 spiro atoms. The standard InChI is InChI=1S/C10H3F5NS/c1-3-10(16-2-17-3)4-5(11)7(13)9(15)8(14)6(4)12/h2H,1H2. The summed E-state index contributed by atoms with van der Waals surface area (Å²) in [5.41, 5.74) is -0.189. The van der Waals surface area contributed by atoms with Crippen LogP contribution in [-0.2, 0) is 0 Å². The van der Waals surface area contributed by atoms with Crippen LogP contribution in [0.25, 0.3) is 11.3 Å². The second-order valence-corrected chi connectivity index (χ2v) is 4.01. The van der Waals surface area contributed by atoms with Crippen molar-refractivity contribution >= 4 is 11.3 Å². The average molecular weight is 264 g/mol. The van der Waals surface area contributed by atoms with Gasteiger partial charge in [0.15, 0.2) is 23.3 Å². The molecule has 0 aliphatic carbocycles. The maximum absolute atomic E-state index is 13.4. The van der Waals surface area contributed by atoms with Crippen LogP contribution in [-0.4, -0.2) is 4.98 Å². The molecule has 0 aliphatic rings. The van der Waals surface area contributed by atoms with E-state index in [-0.39, 0.29) is 10.6 Å². The van der Waals surface area contributed by atoms with Crippen LogP contribution in [0.5, 0.6) is 0 Å². The van der Waals surface area contributed by atoms with E-state index < -0.39 is 34.6 Å². The van der Waals surface area contributed by atoms with Gasteiger partial charge < -0.3 is 0 Å². The summed E-state index contributed by atoms with van der Waals surface area (Å²) in [6, 6.07) is 0. The Bertz CT molecular complexity index is 564. The third kappa shape index (κ3) is 1.70. The summed E-state index contributed by atoms with van der Waals surface area (Å²) in [7, 11) is 0. The van der Waals surface area contributed by atoms with Gasteiger partial charge in [0, 0.05) is 4.88 Å². The van der Waals surface area contributed by atoms with Gasteiger partial charge in [-0.05, 0) is 6.92 Å². The van der Waals surface area contributed by atoms with Gasteiger partial charge in [0.1, 0.15) is 0 Å². The molecule has 17 heavy (non-hydrogen) atoms. The quantitative estimate of drug-likeness (QED) is 0.435. The van der Waals surface area contributed by atoms with E-state index in [9.17, 15) is 22.0 Å². The number of aromatic nitrogens is 1. The summed E-state index contributed by atoms with van der Waals surface area (Å²) in [5, 5.41) is 0. The highest BCUT2D eigenvalue weighted by molar-refractivity contribution is 7.10. The third-order valence-corrected chi connectivity index (χ3v) is 2.78. The highest BCUT2D eigenvalue weighted by Gasteiger charge is 2.28. The number of nitrogens with zero attached hydrogens (tertiary/aromatic N) is 1. The smallest absolute Gasteiger partial charge is 0.200 e. The minimum atomic E-state index is -2.19. The molecule has 89 valence electrons. The Balaban J connectivity index is 2.84. The Morgan fingerprint density at radius 3 is 1.76 bits per heavy atom. The third-order valence-electron chi connectivity index (χ3n) is 2.09. The number of hydrogen-bond donors (Lipinski definition) is 0. The maximum atomic E-state index is 13.4. The van der Waals surface area contributed by atoms with Crippen molar-refractivity contribution in [1.29, 1.82) is 0 Å². The van der Waals surface area contributed by atoms with Gasteiger partial charge >= 0.3 is 0 Å². The molecule has 0 N–H and O–H groups in total. The Hall–Kier alpha value is -1.50. The molecular weight excluding hydrogens is 261 g/mol. The second-order valence-electron chi connectivity index (χ2n) is 3.07. The van der Waals surface area contributed by atoms with Crippen molar-refractivity contribution in [1.82, 2.24) is 4.98 Å².